The molecule has 0 spiro atoms. The van der Waals surface area contributed by atoms with Gasteiger partial charge in [-0.25, -0.2) is 0 Å². The van der Waals surface area contributed by atoms with E-state index in [4.69, 9.17) is 0 Å². The number of benzene rings is 2. The van der Waals surface area contributed by atoms with Crippen molar-refractivity contribution in [3.05, 3.63) is 46.4 Å². The Labute approximate surface area is 133 Å². The van der Waals surface area contributed by atoms with Crippen molar-refractivity contribution in [3.63, 3.8) is 0 Å². The average Bonchev–Trinajstić information content (AvgIpc) is 3.01. The van der Waals surface area contributed by atoms with Gasteiger partial charge in [0.1, 0.15) is 0 Å². The van der Waals surface area contributed by atoms with Gasteiger partial charge in [0.25, 0.3) is 5.91 Å². The summed E-state index contributed by atoms with van der Waals surface area (Å²) in [7, 11) is 0. The van der Waals surface area contributed by atoms with Gasteiger partial charge in [-0.15, -0.1) is 0 Å². The molecule has 0 radical (unpaired) electrons. The van der Waals surface area contributed by atoms with Gasteiger partial charge in [-0.1, -0.05) is 28.1 Å². The fourth-order valence-corrected chi connectivity index (χ4v) is 3.37. The number of hydrogen-bond acceptors (Lipinski definition) is 2. The molecule has 2 aromatic rings. The zero-order chi connectivity index (χ0) is 14.8. The lowest BCUT2D eigenvalue weighted by molar-refractivity contribution is 0.0704. The summed E-state index contributed by atoms with van der Waals surface area (Å²) in [6, 6.07) is 12.4. The fourth-order valence-electron chi connectivity index (χ4n) is 2.99. The third-order valence-corrected chi connectivity index (χ3v) is 4.62. The molecule has 110 valence electrons. The zero-order valence-electron chi connectivity index (χ0n) is 12.1. The quantitative estimate of drug-likeness (QED) is 0.923. The molecule has 0 saturated carbocycles. The third-order valence-electron chi connectivity index (χ3n) is 4.13. The molecule has 4 heteroatoms. The first-order valence-electron chi connectivity index (χ1n) is 7.40. The van der Waals surface area contributed by atoms with Gasteiger partial charge in [0.05, 0.1) is 0 Å². The molecular formula is C17H19BrN2O. The second-order valence-corrected chi connectivity index (χ2v) is 6.36. The number of rotatable bonds is 3. The molecular weight excluding hydrogens is 328 g/mol. The van der Waals surface area contributed by atoms with Gasteiger partial charge in [0.15, 0.2) is 0 Å². The van der Waals surface area contributed by atoms with Crippen molar-refractivity contribution in [2.45, 2.75) is 19.4 Å². The standard InChI is InChI=1S/C17H19BrN2O/c1-2-20(16-7-8-19-11-16)17(21)14-4-3-13-10-15(18)6-5-12(13)9-14/h3-6,9-10,16,19H,2,7-8,11H2,1H3. The van der Waals surface area contributed by atoms with Gasteiger partial charge in [-0.3, -0.25) is 4.79 Å². The Morgan fingerprint density at radius 3 is 2.76 bits per heavy atom. The Bertz CT molecular complexity index is 665. The van der Waals surface area contributed by atoms with Gasteiger partial charge in [-0.2, -0.15) is 0 Å². The van der Waals surface area contributed by atoms with Gasteiger partial charge in [-0.05, 0) is 54.9 Å². The molecule has 1 fully saturated rings. The largest absolute Gasteiger partial charge is 0.335 e. The van der Waals surface area contributed by atoms with Crippen LogP contribution in [0.15, 0.2) is 40.9 Å². The van der Waals surface area contributed by atoms with Crippen molar-refractivity contribution >= 4 is 32.6 Å². The highest BCUT2D eigenvalue weighted by atomic mass is 79.9. The molecule has 0 bridgehead atoms. The lowest BCUT2D eigenvalue weighted by atomic mass is 10.1. The Hall–Kier alpha value is -1.39. The summed E-state index contributed by atoms with van der Waals surface area (Å²) in [6.45, 7) is 4.71. The maximum atomic E-state index is 12.8. The van der Waals surface area contributed by atoms with E-state index < -0.39 is 0 Å². The van der Waals surface area contributed by atoms with Gasteiger partial charge in [0, 0.05) is 29.2 Å². The first-order valence-corrected chi connectivity index (χ1v) is 8.19. The molecule has 1 amide bonds. The molecule has 1 heterocycles. The fraction of sp³-hybridized carbons (Fsp3) is 0.353. The number of carbonyl (C=O) groups is 1. The highest BCUT2D eigenvalue weighted by Gasteiger charge is 2.25. The van der Waals surface area contributed by atoms with E-state index in [1.165, 1.54) is 0 Å². The van der Waals surface area contributed by atoms with Crippen molar-refractivity contribution in [1.29, 1.82) is 0 Å². The number of carbonyl (C=O) groups excluding carboxylic acids is 1. The number of nitrogens with one attached hydrogen (secondary N) is 1. The van der Waals surface area contributed by atoms with E-state index in [2.05, 4.69) is 27.3 Å². The van der Waals surface area contributed by atoms with Crippen molar-refractivity contribution in [2.24, 2.45) is 0 Å². The van der Waals surface area contributed by atoms with E-state index in [-0.39, 0.29) is 5.91 Å². The maximum Gasteiger partial charge on any atom is 0.254 e. The molecule has 21 heavy (non-hydrogen) atoms. The monoisotopic (exact) mass is 346 g/mol. The van der Waals surface area contributed by atoms with E-state index >= 15 is 0 Å². The molecule has 3 nitrogen and oxygen atoms in total. The number of hydrogen-bond donors (Lipinski definition) is 1. The summed E-state index contributed by atoms with van der Waals surface area (Å²) in [5, 5.41) is 5.58. The van der Waals surface area contributed by atoms with Crippen LogP contribution in [0, 0.1) is 0 Å². The van der Waals surface area contributed by atoms with Crippen molar-refractivity contribution in [1.82, 2.24) is 10.2 Å². The lowest BCUT2D eigenvalue weighted by Gasteiger charge is -2.27. The Balaban J connectivity index is 1.91. The number of nitrogens with zero attached hydrogens (tertiary/aromatic N) is 1. The predicted molar refractivity (Wildman–Crippen MR) is 89.6 cm³/mol. The number of fused-ring (bicyclic) bond motifs is 1. The van der Waals surface area contributed by atoms with Crippen LogP contribution in [0.25, 0.3) is 10.8 Å². The van der Waals surface area contributed by atoms with Crippen LogP contribution in [0.5, 0.6) is 0 Å². The summed E-state index contributed by atoms with van der Waals surface area (Å²) in [4.78, 5) is 14.7. The molecule has 3 rings (SSSR count). The minimum atomic E-state index is 0.135. The predicted octanol–water partition coefficient (Wildman–Crippen LogP) is 3.43. The smallest absolute Gasteiger partial charge is 0.254 e. The SMILES string of the molecule is CCN(C(=O)c1ccc2cc(Br)ccc2c1)C1CCNC1. The molecule has 1 unspecified atom stereocenters. The molecule has 1 N–H and O–H groups in total. The van der Waals surface area contributed by atoms with E-state index in [0.717, 1.165) is 46.9 Å². The van der Waals surface area contributed by atoms with Crippen LogP contribution in [0.2, 0.25) is 0 Å². The molecule has 0 aromatic heterocycles. The Morgan fingerprint density at radius 1 is 1.29 bits per heavy atom. The van der Waals surface area contributed by atoms with E-state index in [1.54, 1.807) is 0 Å². The normalized spacial score (nSPS) is 18.1. The van der Waals surface area contributed by atoms with Crippen LogP contribution in [0.3, 0.4) is 0 Å². The van der Waals surface area contributed by atoms with Crippen LogP contribution in [-0.2, 0) is 0 Å². The molecule has 1 aliphatic heterocycles. The third kappa shape index (κ3) is 2.97. The van der Waals surface area contributed by atoms with Crippen LogP contribution in [0.4, 0.5) is 0 Å². The van der Waals surface area contributed by atoms with Crippen LogP contribution < -0.4 is 5.32 Å². The Morgan fingerprint density at radius 2 is 2.05 bits per heavy atom. The zero-order valence-corrected chi connectivity index (χ0v) is 13.7. The lowest BCUT2D eigenvalue weighted by Crippen LogP contribution is -2.41. The van der Waals surface area contributed by atoms with E-state index in [1.807, 2.05) is 42.2 Å². The van der Waals surface area contributed by atoms with Crippen LogP contribution >= 0.6 is 15.9 Å². The first kappa shape index (κ1) is 14.5. The van der Waals surface area contributed by atoms with E-state index in [9.17, 15) is 4.79 Å². The highest BCUT2D eigenvalue weighted by Crippen LogP contribution is 2.22. The second-order valence-electron chi connectivity index (χ2n) is 5.44. The van der Waals surface area contributed by atoms with Crippen LogP contribution in [-0.4, -0.2) is 36.5 Å². The molecule has 2 aromatic carbocycles. The minimum absolute atomic E-state index is 0.135. The van der Waals surface area contributed by atoms with Crippen LogP contribution in [0.1, 0.15) is 23.7 Å². The molecule has 0 aliphatic carbocycles. The van der Waals surface area contributed by atoms with Crippen molar-refractivity contribution in [2.75, 3.05) is 19.6 Å². The van der Waals surface area contributed by atoms with Gasteiger partial charge in [0.2, 0.25) is 0 Å². The highest BCUT2D eigenvalue weighted by molar-refractivity contribution is 9.10. The minimum Gasteiger partial charge on any atom is -0.335 e. The van der Waals surface area contributed by atoms with Crippen molar-refractivity contribution in [3.8, 4) is 0 Å². The summed E-state index contributed by atoms with van der Waals surface area (Å²) in [5.41, 5.74) is 0.776. The summed E-state index contributed by atoms with van der Waals surface area (Å²) in [6.07, 6.45) is 1.04. The number of likely N-dealkylation sites (N-methyl/N-ethyl adjacent to an activating group) is 1. The van der Waals surface area contributed by atoms with Crippen molar-refractivity contribution < 1.29 is 4.79 Å². The summed E-state index contributed by atoms with van der Waals surface area (Å²) >= 11 is 3.48. The summed E-state index contributed by atoms with van der Waals surface area (Å²) < 4.78 is 1.06. The van der Waals surface area contributed by atoms with E-state index in [0.29, 0.717) is 6.04 Å². The average molecular weight is 347 g/mol. The topological polar surface area (TPSA) is 32.3 Å². The van der Waals surface area contributed by atoms with Gasteiger partial charge < -0.3 is 10.2 Å². The summed E-state index contributed by atoms with van der Waals surface area (Å²) in [5.74, 6) is 0.135. The number of halogens is 1. The Kier molecular flexibility index (Phi) is 4.27. The van der Waals surface area contributed by atoms with Gasteiger partial charge >= 0.3 is 0 Å². The molecule has 1 atom stereocenters. The maximum absolute atomic E-state index is 12.8. The second kappa shape index (κ2) is 6.16. The first-order chi connectivity index (χ1) is 10.2. The molecule has 1 saturated heterocycles. The molecule has 1 aliphatic rings. The number of amides is 1.